The number of fused-ring (bicyclic) bond motifs is 1. The molecule has 2 aliphatic heterocycles. The Labute approximate surface area is 102 Å². The zero-order valence-corrected chi connectivity index (χ0v) is 9.97. The molecule has 2 rings (SSSR count). The summed E-state index contributed by atoms with van der Waals surface area (Å²) in [5.41, 5.74) is 0.0370. The van der Waals surface area contributed by atoms with Gasteiger partial charge in [-0.2, -0.15) is 0 Å². The Balaban J connectivity index is 0.000000845. The molecule has 4 nitrogen and oxygen atoms in total. The molecular formula is C7H6NNaO3S. The van der Waals surface area contributed by atoms with Crippen LogP contribution in [0, 0.1) is 0 Å². The molecule has 0 unspecified atom stereocenters. The number of aliphatic carboxylic acids is 1. The minimum atomic E-state index is -1.26. The number of β-lactam (4-membered cyclic amide) rings is 1. The van der Waals surface area contributed by atoms with Crippen LogP contribution in [0.25, 0.3) is 0 Å². The van der Waals surface area contributed by atoms with E-state index < -0.39 is 5.97 Å². The van der Waals surface area contributed by atoms with Gasteiger partial charge in [0.25, 0.3) is 0 Å². The first-order valence-electron chi connectivity index (χ1n) is 3.55. The summed E-state index contributed by atoms with van der Waals surface area (Å²) in [6.45, 7) is 0. The number of hydrogen-bond acceptors (Lipinski definition) is 4. The van der Waals surface area contributed by atoms with E-state index >= 15 is 0 Å². The van der Waals surface area contributed by atoms with Crippen molar-refractivity contribution in [2.75, 3.05) is 5.75 Å². The van der Waals surface area contributed by atoms with E-state index in [1.165, 1.54) is 11.0 Å². The second kappa shape index (κ2) is 4.04. The van der Waals surface area contributed by atoms with E-state index in [2.05, 4.69) is 0 Å². The van der Waals surface area contributed by atoms with Gasteiger partial charge in [-0.15, -0.1) is 11.8 Å². The number of nitrogens with zero attached hydrogens (tertiary/aromatic N) is 1. The fourth-order valence-corrected chi connectivity index (χ4v) is 2.45. The molecule has 1 fully saturated rings. The quantitative estimate of drug-likeness (QED) is 0.324. The maximum absolute atomic E-state index is 11.0. The molecule has 0 aliphatic carbocycles. The SMILES string of the molecule is O=C([O-])C1=CCS[C@H]2CC(=O)N12.[Na+]. The largest absolute Gasteiger partial charge is 1.00 e. The maximum Gasteiger partial charge on any atom is 1.00 e. The van der Waals surface area contributed by atoms with Crippen molar-refractivity contribution in [3.63, 3.8) is 0 Å². The van der Waals surface area contributed by atoms with E-state index in [1.807, 2.05) is 0 Å². The third kappa shape index (κ3) is 1.79. The van der Waals surface area contributed by atoms with E-state index in [9.17, 15) is 14.7 Å². The minimum Gasteiger partial charge on any atom is -0.543 e. The monoisotopic (exact) mass is 207 g/mol. The Morgan fingerprint density at radius 2 is 2.38 bits per heavy atom. The average molecular weight is 207 g/mol. The van der Waals surface area contributed by atoms with Crippen LogP contribution in [-0.4, -0.2) is 27.9 Å². The molecule has 0 aromatic rings. The van der Waals surface area contributed by atoms with Gasteiger partial charge in [0.05, 0.1) is 23.5 Å². The van der Waals surface area contributed by atoms with Gasteiger partial charge in [-0.3, -0.25) is 9.69 Å². The molecule has 0 radical (unpaired) electrons. The third-order valence-corrected chi connectivity index (χ3v) is 3.06. The molecule has 64 valence electrons. The first-order valence-corrected chi connectivity index (χ1v) is 4.60. The molecule has 1 atom stereocenters. The number of amides is 1. The molecule has 0 bridgehead atoms. The first kappa shape index (κ1) is 11.1. The van der Waals surface area contributed by atoms with Gasteiger partial charge in [0.1, 0.15) is 0 Å². The first-order chi connectivity index (χ1) is 5.70. The molecular weight excluding hydrogens is 201 g/mol. The van der Waals surface area contributed by atoms with Crippen LogP contribution in [0.4, 0.5) is 0 Å². The van der Waals surface area contributed by atoms with Gasteiger partial charge in [-0.1, -0.05) is 0 Å². The predicted molar refractivity (Wildman–Crippen MR) is 40.8 cm³/mol. The van der Waals surface area contributed by atoms with Crippen LogP contribution in [-0.2, 0) is 9.59 Å². The topological polar surface area (TPSA) is 60.4 Å². The summed E-state index contributed by atoms with van der Waals surface area (Å²) in [4.78, 5) is 22.8. The fourth-order valence-electron chi connectivity index (χ4n) is 1.33. The van der Waals surface area contributed by atoms with Crippen molar-refractivity contribution in [1.82, 2.24) is 4.90 Å². The maximum atomic E-state index is 11.0. The van der Waals surface area contributed by atoms with Crippen molar-refractivity contribution in [3.05, 3.63) is 11.8 Å². The second-order valence-electron chi connectivity index (χ2n) is 2.63. The number of hydrogen-bond donors (Lipinski definition) is 0. The molecule has 2 heterocycles. The summed E-state index contributed by atoms with van der Waals surface area (Å²) >= 11 is 1.58. The number of rotatable bonds is 1. The Bertz CT molecular complexity index is 291. The van der Waals surface area contributed by atoms with Gasteiger partial charge < -0.3 is 9.90 Å². The zero-order valence-electron chi connectivity index (χ0n) is 7.15. The van der Waals surface area contributed by atoms with Crippen LogP contribution in [0.3, 0.4) is 0 Å². The summed E-state index contributed by atoms with van der Waals surface area (Å²) in [5, 5.41) is 10.5. The summed E-state index contributed by atoms with van der Waals surface area (Å²) < 4.78 is 0. The molecule has 1 saturated heterocycles. The number of carboxylic acid groups (broad SMARTS) is 1. The predicted octanol–water partition coefficient (Wildman–Crippen LogP) is -4.07. The molecule has 0 spiro atoms. The van der Waals surface area contributed by atoms with Crippen LogP contribution in [0.1, 0.15) is 6.42 Å². The smallest absolute Gasteiger partial charge is 0.543 e. The molecule has 0 aromatic heterocycles. The van der Waals surface area contributed by atoms with Crippen molar-refractivity contribution in [2.45, 2.75) is 11.8 Å². The molecule has 0 aromatic carbocycles. The van der Waals surface area contributed by atoms with Crippen LogP contribution in [0.2, 0.25) is 0 Å². The van der Waals surface area contributed by atoms with Gasteiger partial charge in [0, 0.05) is 5.75 Å². The van der Waals surface area contributed by atoms with Gasteiger partial charge in [0.15, 0.2) is 0 Å². The van der Waals surface area contributed by atoms with E-state index in [0.29, 0.717) is 12.2 Å². The van der Waals surface area contributed by atoms with Crippen molar-refractivity contribution in [2.24, 2.45) is 0 Å². The molecule has 13 heavy (non-hydrogen) atoms. The van der Waals surface area contributed by atoms with Gasteiger partial charge in [-0.05, 0) is 6.08 Å². The number of carbonyl (C=O) groups excluding carboxylic acids is 2. The second-order valence-corrected chi connectivity index (χ2v) is 3.84. The van der Waals surface area contributed by atoms with Crippen LogP contribution >= 0.6 is 11.8 Å². The molecule has 6 heteroatoms. The van der Waals surface area contributed by atoms with Crippen molar-refractivity contribution < 1.29 is 44.3 Å². The Hall–Kier alpha value is 0.0300. The van der Waals surface area contributed by atoms with Crippen LogP contribution in [0.5, 0.6) is 0 Å². The van der Waals surface area contributed by atoms with E-state index in [1.54, 1.807) is 11.8 Å². The van der Waals surface area contributed by atoms with Crippen molar-refractivity contribution >= 4 is 23.6 Å². The van der Waals surface area contributed by atoms with Crippen LogP contribution < -0.4 is 34.7 Å². The van der Waals surface area contributed by atoms with Gasteiger partial charge in [0.2, 0.25) is 5.91 Å². The standard InChI is InChI=1S/C7H7NO3S.Na/c9-5-3-6-8(5)4(7(10)11)1-2-12-6;/h1,6H,2-3H2,(H,10,11);/q;+1/p-1/t6-;/m0./s1. The van der Waals surface area contributed by atoms with Crippen LogP contribution in [0.15, 0.2) is 11.8 Å². The van der Waals surface area contributed by atoms with E-state index in [4.69, 9.17) is 0 Å². The number of carbonyl (C=O) groups is 2. The third-order valence-electron chi connectivity index (χ3n) is 1.94. The van der Waals surface area contributed by atoms with Crippen molar-refractivity contribution in [1.29, 1.82) is 0 Å². The molecule has 2 aliphatic rings. The van der Waals surface area contributed by atoms with E-state index in [-0.39, 0.29) is 46.5 Å². The summed E-state index contributed by atoms with van der Waals surface area (Å²) in [5.74, 6) is -0.728. The summed E-state index contributed by atoms with van der Waals surface area (Å²) in [6, 6.07) is 0. The Kier molecular flexibility index (Phi) is 3.45. The zero-order chi connectivity index (χ0) is 8.72. The fraction of sp³-hybridized carbons (Fsp3) is 0.429. The van der Waals surface area contributed by atoms with Gasteiger partial charge >= 0.3 is 29.6 Å². The minimum absolute atomic E-state index is 0. The average Bonchev–Trinajstić information content (AvgIpc) is 2.01. The summed E-state index contributed by atoms with van der Waals surface area (Å²) in [7, 11) is 0. The number of thioether (sulfide) groups is 1. The van der Waals surface area contributed by atoms with E-state index in [0.717, 1.165) is 0 Å². The Morgan fingerprint density at radius 3 is 2.85 bits per heavy atom. The number of carboxylic acids is 1. The normalized spacial score (nSPS) is 25.2. The van der Waals surface area contributed by atoms with Crippen molar-refractivity contribution in [3.8, 4) is 0 Å². The molecule has 0 saturated carbocycles. The molecule has 1 amide bonds. The summed E-state index contributed by atoms with van der Waals surface area (Å²) in [6.07, 6.45) is 1.98. The molecule has 0 N–H and O–H groups in total. The Morgan fingerprint density at radius 1 is 1.69 bits per heavy atom. The van der Waals surface area contributed by atoms with Gasteiger partial charge in [-0.25, -0.2) is 0 Å².